The van der Waals surface area contributed by atoms with Gasteiger partial charge in [-0.2, -0.15) is 0 Å². The Balaban J connectivity index is 2.37. The van der Waals surface area contributed by atoms with Crippen molar-refractivity contribution in [1.82, 2.24) is 10.3 Å². The summed E-state index contributed by atoms with van der Waals surface area (Å²) in [7, 11) is 0. The van der Waals surface area contributed by atoms with Crippen molar-refractivity contribution >= 4 is 21.8 Å². The molecule has 2 rings (SSSR count). The molecule has 2 N–H and O–H groups in total. The lowest BCUT2D eigenvalue weighted by Crippen LogP contribution is -2.57. The number of carbonyl (C=O) groups is 1. The number of rotatable bonds is 2. The van der Waals surface area contributed by atoms with Gasteiger partial charge in [0, 0.05) is 0 Å². The number of nitrogens with zero attached hydrogens (tertiary/aromatic N) is 1. The first-order valence-electron chi connectivity index (χ1n) is 4.79. The van der Waals surface area contributed by atoms with E-state index >= 15 is 0 Å². The van der Waals surface area contributed by atoms with Crippen LogP contribution in [0.2, 0.25) is 0 Å². The quantitative estimate of drug-likeness (QED) is 0.761. The van der Waals surface area contributed by atoms with E-state index in [1.165, 1.54) is 0 Å². The van der Waals surface area contributed by atoms with Crippen LogP contribution < -0.4 is 5.32 Å². The molecule has 0 radical (unpaired) electrons. The Morgan fingerprint density at radius 3 is 3.06 bits per heavy atom. The van der Waals surface area contributed by atoms with Crippen molar-refractivity contribution in [2.45, 2.75) is 5.54 Å². The lowest BCUT2D eigenvalue weighted by molar-refractivity contribution is -0.137. The fourth-order valence-corrected chi connectivity index (χ4v) is 1.98. The van der Waals surface area contributed by atoms with Crippen molar-refractivity contribution in [3.8, 4) is 0 Å². The number of carbonyl (C=O) groups excluding carboxylic acids is 1. The van der Waals surface area contributed by atoms with Gasteiger partial charge in [-0.25, -0.2) is 4.98 Å². The molecule has 0 spiro atoms. The maximum atomic E-state index is 11.3. The third-order valence-electron chi connectivity index (χ3n) is 2.44. The van der Waals surface area contributed by atoms with E-state index in [0.717, 1.165) is 0 Å². The Kier molecular flexibility index (Phi) is 3.22. The van der Waals surface area contributed by atoms with Crippen LogP contribution in [0.25, 0.3) is 0 Å². The Bertz CT molecular complexity index is 413. The summed E-state index contributed by atoms with van der Waals surface area (Å²) in [5, 5.41) is 12.2. The molecule has 2 heterocycles. The van der Waals surface area contributed by atoms with E-state index in [1.54, 1.807) is 18.2 Å². The molecule has 1 atom stereocenters. The summed E-state index contributed by atoms with van der Waals surface area (Å²) in [5.74, 6) is -0.248. The van der Waals surface area contributed by atoms with Crippen molar-refractivity contribution < 1.29 is 14.6 Å². The van der Waals surface area contributed by atoms with Gasteiger partial charge in [-0.3, -0.25) is 4.79 Å². The highest BCUT2D eigenvalue weighted by Gasteiger charge is 2.38. The molecule has 1 aromatic heterocycles. The van der Waals surface area contributed by atoms with E-state index in [4.69, 9.17) is 4.74 Å². The SMILES string of the molecule is O=C1COCC(CO)(c2cccc(Br)n2)N1. The Hall–Kier alpha value is -0.980. The van der Waals surface area contributed by atoms with Crippen LogP contribution in [0.1, 0.15) is 5.69 Å². The number of nitrogens with one attached hydrogen (secondary N) is 1. The normalized spacial score (nSPS) is 25.2. The summed E-state index contributed by atoms with van der Waals surface area (Å²) in [4.78, 5) is 15.5. The minimum Gasteiger partial charge on any atom is -0.393 e. The first kappa shape index (κ1) is 11.5. The molecule has 1 saturated heterocycles. The highest BCUT2D eigenvalue weighted by molar-refractivity contribution is 9.10. The third-order valence-corrected chi connectivity index (χ3v) is 2.88. The number of morpholine rings is 1. The number of aromatic nitrogens is 1. The smallest absolute Gasteiger partial charge is 0.246 e. The van der Waals surface area contributed by atoms with Crippen LogP contribution in [0.3, 0.4) is 0 Å². The largest absolute Gasteiger partial charge is 0.393 e. The van der Waals surface area contributed by atoms with Crippen LogP contribution in [0.15, 0.2) is 22.8 Å². The standard InChI is InChI=1S/C10H11BrN2O3/c11-8-3-1-2-7(12-8)10(5-14)6-16-4-9(15)13-10/h1-3,14H,4-6H2,(H,13,15). The fourth-order valence-electron chi connectivity index (χ4n) is 1.64. The molecule has 0 bridgehead atoms. The number of pyridine rings is 1. The topological polar surface area (TPSA) is 71.5 Å². The Labute approximate surface area is 101 Å². The van der Waals surface area contributed by atoms with Crippen molar-refractivity contribution in [3.05, 3.63) is 28.5 Å². The molecule has 86 valence electrons. The zero-order valence-electron chi connectivity index (χ0n) is 8.44. The molecular weight excluding hydrogens is 276 g/mol. The van der Waals surface area contributed by atoms with Crippen molar-refractivity contribution in [2.75, 3.05) is 19.8 Å². The first-order valence-corrected chi connectivity index (χ1v) is 5.58. The number of hydrogen-bond donors (Lipinski definition) is 2. The molecule has 5 nitrogen and oxygen atoms in total. The second-order valence-electron chi connectivity index (χ2n) is 3.63. The number of aliphatic hydroxyl groups excluding tert-OH is 1. The molecule has 16 heavy (non-hydrogen) atoms. The second-order valence-corrected chi connectivity index (χ2v) is 4.44. The number of halogens is 1. The highest BCUT2D eigenvalue weighted by Crippen LogP contribution is 2.23. The van der Waals surface area contributed by atoms with Gasteiger partial charge in [-0.1, -0.05) is 6.07 Å². The lowest BCUT2D eigenvalue weighted by Gasteiger charge is -2.35. The van der Waals surface area contributed by atoms with Crippen molar-refractivity contribution in [2.24, 2.45) is 0 Å². The van der Waals surface area contributed by atoms with Crippen LogP contribution in [-0.4, -0.2) is 35.8 Å². The van der Waals surface area contributed by atoms with E-state index in [1.807, 2.05) is 0 Å². The van der Waals surface area contributed by atoms with Gasteiger partial charge in [-0.05, 0) is 28.1 Å². The molecule has 1 unspecified atom stereocenters. The van der Waals surface area contributed by atoms with Gasteiger partial charge < -0.3 is 15.2 Å². The van der Waals surface area contributed by atoms with Gasteiger partial charge in [0.1, 0.15) is 16.7 Å². The molecule has 1 aliphatic heterocycles. The molecular formula is C10H11BrN2O3. The van der Waals surface area contributed by atoms with E-state index in [0.29, 0.717) is 10.3 Å². The highest BCUT2D eigenvalue weighted by atomic mass is 79.9. The Morgan fingerprint density at radius 1 is 1.62 bits per heavy atom. The molecule has 0 aromatic carbocycles. The summed E-state index contributed by atoms with van der Waals surface area (Å²) in [6.45, 7) is -0.00333. The lowest BCUT2D eigenvalue weighted by atomic mass is 9.95. The summed E-state index contributed by atoms with van der Waals surface area (Å²) in [6, 6.07) is 5.32. The van der Waals surface area contributed by atoms with E-state index in [9.17, 15) is 9.90 Å². The van der Waals surface area contributed by atoms with Crippen LogP contribution in [0, 0.1) is 0 Å². The van der Waals surface area contributed by atoms with Crippen LogP contribution >= 0.6 is 15.9 Å². The first-order chi connectivity index (χ1) is 7.66. The summed E-state index contributed by atoms with van der Waals surface area (Å²) < 4.78 is 5.81. The average Bonchev–Trinajstić information content (AvgIpc) is 2.29. The van der Waals surface area contributed by atoms with Crippen LogP contribution in [0.5, 0.6) is 0 Å². The number of ether oxygens (including phenoxy) is 1. The van der Waals surface area contributed by atoms with Gasteiger partial charge in [0.05, 0.1) is 18.9 Å². The predicted octanol–water partition coefficient (Wildman–Crippen LogP) is 0.178. The van der Waals surface area contributed by atoms with E-state index in [2.05, 4.69) is 26.2 Å². The monoisotopic (exact) mass is 286 g/mol. The zero-order valence-corrected chi connectivity index (χ0v) is 10.0. The van der Waals surface area contributed by atoms with E-state index in [-0.39, 0.29) is 25.7 Å². The molecule has 0 saturated carbocycles. The summed E-state index contributed by atoms with van der Waals surface area (Å²) in [5.41, 5.74) is -0.350. The van der Waals surface area contributed by atoms with Gasteiger partial charge in [0.15, 0.2) is 0 Å². The molecule has 1 aromatic rings. The molecule has 1 aliphatic rings. The maximum Gasteiger partial charge on any atom is 0.246 e. The van der Waals surface area contributed by atoms with Crippen LogP contribution in [0.4, 0.5) is 0 Å². The minimum atomic E-state index is -0.931. The fraction of sp³-hybridized carbons (Fsp3) is 0.400. The summed E-state index contributed by atoms with van der Waals surface area (Å²) >= 11 is 3.25. The second kappa shape index (κ2) is 4.48. The van der Waals surface area contributed by atoms with Gasteiger partial charge in [0.2, 0.25) is 5.91 Å². The molecule has 1 fully saturated rings. The molecule has 1 amide bonds. The van der Waals surface area contributed by atoms with Gasteiger partial charge in [0.25, 0.3) is 0 Å². The number of amides is 1. The Morgan fingerprint density at radius 2 is 2.44 bits per heavy atom. The maximum absolute atomic E-state index is 11.3. The third kappa shape index (κ3) is 2.09. The van der Waals surface area contributed by atoms with Crippen molar-refractivity contribution in [1.29, 1.82) is 0 Å². The van der Waals surface area contributed by atoms with Gasteiger partial charge in [-0.15, -0.1) is 0 Å². The van der Waals surface area contributed by atoms with E-state index < -0.39 is 5.54 Å². The zero-order chi connectivity index (χ0) is 11.6. The molecule has 0 aliphatic carbocycles. The van der Waals surface area contributed by atoms with Gasteiger partial charge >= 0.3 is 0 Å². The molecule has 6 heteroatoms. The predicted molar refractivity (Wildman–Crippen MR) is 59.7 cm³/mol. The summed E-state index contributed by atoms with van der Waals surface area (Å²) in [6.07, 6.45) is 0. The average molecular weight is 287 g/mol. The number of aliphatic hydroxyl groups is 1. The minimum absolute atomic E-state index is 0.0236. The van der Waals surface area contributed by atoms with Crippen molar-refractivity contribution in [3.63, 3.8) is 0 Å². The van der Waals surface area contributed by atoms with Crippen LogP contribution in [-0.2, 0) is 15.1 Å². The number of hydrogen-bond acceptors (Lipinski definition) is 4.